The van der Waals surface area contributed by atoms with Crippen LogP contribution in [0.15, 0.2) is 48.5 Å². The van der Waals surface area contributed by atoms with Crippen molar-refractivity contribution in [2.24, 2.45) is 5.92 Å². The fraction of sp³-hybridized carbons (Fsp3) is 0.350. The highest BCUT2D eigenvalue weighted by Crippen LogP contribution is 2.25. The van der Waals surface area contributed by atoms with E-state index in [1.807, 2.05) is 24.3 Å². The second-order valence-electron chi connectivity index (χ2n) is 5.99. The van der Waals surface area contributed by atoms with Gasteiger partial charge in [0, 0.05) is 10.9 Å². The van der Waals surface area contributed by atoms with Gasteiger partial charge in [-0.05, 0) is 42.3 Å². The Morgan fingerprint density at radius 2 is 1.68 bits per heavy atom. The summed E-state index contributed by atoms with van der Waals surface area (Å²) in [6.07, 6.45) is -1.50. The molecule has 5 heteroatoms. The largest absolute Gasteiger partial charge is 0.497 e. The van der Waals surface area contributed by atoms with Crippen molar-refractivity contribution in [3.05, 3.63) is 64.7 Å². The van der Waals surface area contributed by atoms with Gasteiger partial charge in [0.2, 0.25) is 0 Å². The molecule has 0 unspecified atom stereocenters. The molecule has 0 spiro atoms. The Morgan fingerprint density at radius 1 is 1.08 bits per heavy atom. The molecule has 2 aromatic rings. The highest BCUT2D eigenvalue weighted by atomic mass is 35.5. The lowest BCUT2D eigenvalue weighted by atomic mass is 9.91. The number of hydrogen-bond donors (Lipinski definition) is 1. The van der Waals surface area contributed by atoms with Crippen LogP contribution in [0.4, 0.5) is 0 Å². The van der Waals surface area contributed by atoms with Gasteiger partial charge in [-0.2, -0.15) is 0 Å². The quantitative estimate of drug-likeness (QED) is 0.764. The van der Waals surface area contributed by atoms with Gasteiger partial charge >= 0.3 is 0 Å². The molecule has 0 amide bonds. The summed E-state index contributed by atoms with van der Waals surface area (Å²) in [4.78, 5) is 12.5. The molecule has 0 saturated carbocycles. The van der Waals surface area contributed by atoms with Crippen LogP contribution in [-0.2, 0) is 16.1 Å². The molecule has 0 aliphatic carbocycles. The number of aliphatic hydroxyl groups is 1. The molecule has 0 aliphatic rings. The zero-order chi connectivity index (χ0) is 18.4. The predicted molar refractivity (Wildman–Crippen MR) is 97.8 cm³/mol. The summed E-state index contributed by atoms with van der Waals surface area (Å²) in [6, 6.07) is 14.3. The summed E-state index contributed by atoms with van der Waals surface area (Å²) < 4.78 is 10.8. The molecular formula is C20H23ClO4. The smallest absolute Gasteiger partial charge is 0.166 e. The summed E-state index contributed by atoms with van der Waals surface area (Å²) >= 11 is 5.85. The van der Waals surface area contributed by atoms with E-state index in [2.05, 4.69) is 0 Å². The van der Waals surface area contributed by atoms with Crippen LogP contribution >= 0.6 is 11.6 Å². The maximum Gasteiger partial charge on any atom is 0.166 e. The van der Waals surface area contributed by atoms with Gasteiger partial charge in [-0.25, -0.2) is 0 Å². The first-order valence-corrected chi connectivity index (χ1v) is 8.52. The summed E-state index contributed by atoms with van der Waals surface area (Å²) in [6.45, 7) is 3.73. The van der Waals surface area contributed by atoms with Crippen LogP contribution < -0.4 is 4.74 Å². The fourth-order valence-corrected chi connectivity index (χ4v) is 2.63. The van der Waals surface area contributed by atoms with Gasteiger partial charge in [-0.1, -0.05) is 42.8 Å². The molecule has 0 saturated heterocycles. The zero-order valence-electron chi connectivity index (χ0n) is 14.6. The van der Waals surface area contributed by atoms with E-state index >= 15 is 0 Å². The van der Waals surface area contributed by atoms with Crippen LogP contribution in [0.25, 0.3) is 0 Å². The van der Waals surface area contributed by atoms with E-state index in [4.69, 9.17) is 21.1 Å². The number of Topliss-reactive ketones (excluding diaryl/α,β-unsaturated/α-hetero) is 1. The summed E-state index contributed by atoms with van der Waals surface area (Å²) in [5, 5.41) is 11.0. The molecule has 25 heavy (non-hydrogen) atoms. The Balaban J connectivity index is 1.92. The van der Waals surface area contributed by atoms with E-state index in [-0.39, 0.29) is 5.78 Å². The fourth-order valence-electron chi connectivity index (χ4n) is 2.50. The Hall–Kier alpha value is -1.88. The van der Waals surface area contributed by atoms with Crippen molar-refractivity contribution in [1.82, 2.24) is 0 Å². The first kappa shape index (κ1) is 19.4. The van der Waals surface area contributed by atoms with E-state index in [1.165, 1.54) is 0 Å². The third-order valence-electron chi connectivity index (χ3n) is 4.19. The molecule has 0 aromatic heterocycles. The Morgan fingerprint density at radius 3 is 2.24 bits per heavy atom. The lowest BCUT2D eigenvalue weighted by Crippen LogP contribution is -2.30. The highest BCUT2D eigenvalue weighted by molar-refractivity contribution is 6.30. The number of benzene rings is 2. The Labute approximate surface area is 153 Å². The van der Waals surface area contributed by atoms with E-state index in [9.17, 15) is 9.90 Å². The van der Waals surface area contributed by atoms with Crippen molar-refractivity contribution in [3.8, 4) is 5.75 Å². The van der Waals surface area contributed by atoms with E-state index < -0.39 is 18.1 Å². The average molecular weight is 363 g/mol. The van der Waals surface area contributed by atoms with Gasteiger partial charge in [-0.15, -0.1) is 0 Å². The standard InChI is InChI=1S/C20H23ClO4/c1-13(20(23)16-6-8-17(21)9-7-16)19(22)14(2)25-12-15-4-10-18(24-3)11-5-15/h4-11,13-14,20,23H,12H2,1-3H3/t13-,14+,20+/m1/s1. The normalized spacial score (nSPS) is 14.6. The van der Waals surface area contributed by atoms with E-state index in [0.29, 0.717) is 17.2 Å². The first-order valence-electron chi connectivity index (χ1n) is 8.14. The molecule has 4 nitrogen and oxygen atoms in total. The maximum atomic E-state index is 12.5. The van der Waals surface area contributed by atoms with Gasteiger partial charge in [0.05, 0.1) is 19.8 Å². The van der Waals surface area contributed by atoms with Gasteiger partial charge in [0.1, 0.15) is 11.9 Å². The van der Waals surface area contributed by atoms with Crippen molar-refractivity contribution in [1.29, 1.82) is 0 Å². The molecule has 0 fully saturated rings. The number of hydrogen-bond acceptors (Lipinski definition) is 4. The molecule has 3 atom stereocenters. The van der Waals surface area contributed by atoms with Crippen LogP contribution in [-0.4, -0.2) is 24.1 Å². The molecule has 0 heterocycles. The third-order valence-corrected chi connectivity index (χ3v) is 4.45. The number of halogens is 1. The molecule has 0 aliphatic heterocycles. The molecule has 1 N–H and O–H groups in total. The minimum Gasteiger partial charge on any atom is -0.497 e. The number of aliphatic hydroxyl groups excluding tert-OH is 1. The average Bonchev–Trinajstić information content (AvgIpc) is 2.65. The minimum atomic E-state index is -0.892. The van der Waals surface area contributed by atoms with Gasteiger partial charge < -0.3 is 14.6 Å². The highest BCUT2D eigenvalue weighted by Gasteiger charge is 2.27. The lowest BCUT2D eigenvalue weighted by Gasteiger charge is -2.22. The van der Waals surface area contributed by atoms with Crippen molar-refractivity contribution < 1.29 is 19.4 Å². The number of rotatable bonds is 8. The van der Waals surface area contributed by atoms with Gasteiger partial charge in [0.25, 0.3) is 0 Å². The zero-order valence-corrected chi connectivity index (χ0v) is 15.4. The van der Waals surface area contributed by atoms with E-state index in [1.54, 1.807) is 45.2 Å². The monoisotopic (exact) mass is 362 g/mol. The number of carbonyl (C=O) groups excluding carboxylic acids is 1. The summed E-state index contributed by atoms with van der Waals surface area (Å²) in [7, 11) is 1.61. The number of ether oxygens (including phenoxy) is 2. The van der Waals surface area contributed by atoms with Crippen molar-refractivity contribution in [3.63, 3.8) is 0 Å². The van der Waals surface area contributed by atoms with Crippen LogP contribution in [0, 0.1) is 5.92 Å². The summed E-state index contributed by atoms with van der Waals surface area (Å²) in [5.41, 5.74) is 1.61. The SMILES string of the molecule is COc1ccc(CO[C@@H](C)C(=O)[C@@H](C)[C@H](O)c2ccc(Cl)cc2)cc1. The number of methoxy groups -OCH3 is 1. The molecule has 0 bridgehead atoms. The Kier molecular flexibility index (Phi) is 7.00. The second-order valence-corrected chi connectivity index (χ2v) is 6.43. The minimum absolute atomic E-state index is 0.143. The van der Waals surface area contributed by atoms with Crippen molar-refractivity contribution >= 4 is 17.4 Å². The topological polar surface area (TPSA) is 55.8 Å². The number of carbonyl (C=O) groups is 1. The molecule has 2 aromatic carbocycles. The first-order chi connectivity index (χ1) is 11.9. The summed E-state index contributed by atoms with van der Waals surface area (Å²) in [5.74, 6) is 0.0515. The van der Waals surface area contributed by atoms with Gasteiger partial charge in [-0.3, -0.25) is 4.79 Å². The predicted octanol–water partition coefficient (Wildman–Crippen LogP) is 4.19. The molecular weight excluding hydrogens is 340 g/mol. The molecule has 2 rings (SSSR count). The van der Waals surface area contributed by atoms with Crippen molar-refractivity contribution in [2.45, 2.75) is 32.7 Å². The van der Waals surface area contributed by atoms with Crippen LogP contribution in [0.3, 0.4) is 0 Å². The van der Waals surface area contributed by atoms with Gasteiger partial charge in [0.15, 0.2) is 5.78 Å². The lowest BCUT2D eigenvalue weighted by molar-refractivity contribution is -0.137. The van der Waals surface area contributed by atoms with Crippen LogP contribution in [0.5, 0.6) is 5.75 Å². The van der Waals surface area contributed by atoms with Crippen LogP contribution in [0.1, 0.15) is 31.1 Å². The molecule has 134 valence electrons. The maximum absolute atomic E-state index is 12.5. The Bertz CT molecular complexity index is 682. The number of ketones is 1. The van der Waals surface area contributed by atoms with E-state index in [0.717, 1.165) is 11.3 Å². The molecule has 0 radical (unpaired) electrons. The van der Waals surface area contributed by atoms with Crippen molar-refractivity contribution in [2.75, 3.05) is 7.11 Å². The second kappa shape index (κ2) is 8.99. The third kappa shape index (κ3) is 5.30. The van der Waals surface area contributed by atoms with Crippen LogP contribution in [0.2, 0.25) is 5.02 Å².